The number of hydrogen-bond acceptors (Lipinski definition) is 5. The van der Waals surface area contributed by atoms with Crippen LogP contribution in [0.25, 0.3) is 0 Å². The van der Waals surface area contributed by atoms with Gasteiger partial charge in [0.25, 0.3) is 0 Å². The van der Waals surface area contributed by atoms with Crippen LogP contribution in [0, 0.1) is 0 Å². The summed E-state index contributed by atoms with van der Waals surface area (Å²) in [5.41, 5.74) is 0. The van der Waals surface area contributed by atoms with Crippen LogP contribution < -0.4 is 5.32 Å². The lowest BCUT2D eigenvalue weighted by molar-refractivity contribution is -0.143. The first-order valence-corrected chi connectivity index (χ1v) is 11.0. The number of carbonyl (C=O) groups is 1. The molecule has 164 valence electrons. The summed E-state index contributed by atoms with van der Waals surface area (Å²) < 4.78 is 15.9. The molecule has 1 aliphatic rings. The van der Waals surface area contributed by atoms with E-state index in [1.165, 1.54) is 0 Å². The first kappa shape index (κ1) is 24.7. The quantitative estimate of drug-likeness (QED) is 0.210. The molecular formula is C21H41N3O4. The second kappa shape index (κ2) is 16.6. The molecule has 0 spiro atoms. The number of unbranched alkanes of at least 4 members (excludes halogenated alkanes) is 3. The number of likely N-dealkylation sites (tertiary alicyclic amines) is 1. The lowest BCUT2D eigenvalue weighted by atomic mass is 10.1. The third kappa shape index (κ3) is 11.5. The summed E-state index contributed by atoms with van der Waals surface area (Å²) in [6.45, 7) is 9.65. The fraction of sp³-hybridized carbons (Fsp3) is 0.905. The van der Waals surface area contributed by atoms with Crippen molar-refractivity contribution in [3.63, 3.8) is 0 Å². The highest BCUT2D eigenvalue weighted by Gasteiger charge is 2.21. The minimum absolute atomic E-state index is 0.0824. The molecule has 1 N–H and O–H groups in total. The van der Waals surface area contributed by atoms with Gasteiger partial charge in [-0.1, -0.05) is 12.8 Å². The third-order valence-corrected chi connectivity index (χ3v) is 4.78. The molecule has 1 aliphatic heterocycles. The van der Waals surface area contributed by atoms with Gasteiger partial charge in [0, 0.05) is 52.9 Å². The highest BCUT2D eigenvalue weighted by atomic mass is 16.5. The van der Waals surface area contributed by atoms with Crippen LogP contribution >= 0.6 is 0 Å². The highest BCUT2D eigenvalue weighted by molar-refractivity contribution is 5.80. The molecule has 0 aliphatic carbocycles. The predicted molar refractivity (Wildman–Crippen MR) is 113 cm³/mol. The Kier molecular flexibility index (Phi) is 14.6. The zero-order valence-corrected chi connectivity index (χ0v) is 18.2. The molecule has 1 fully saturated rings. The van der Waals surface area contributed by atoms with Crippen LogP contribution in [-0.4, -0.2) is 76.0 Å². The third-order valence-electron chi connectivity index (χ3n) is 4.78. The van der Waals surface area contributed by atoms with Gasteiger partial charge in [0.1, 0.15) is 0 Å². The van der Waals surface area contributed by atoms with Gasteiger partial charge in [0.05, 0.1) is 12.7 Å². The van der Waals surface area contributed by atoms with Crippen LogP contribution in [0.2, 0.25) is 0 Å². The van der Waals surface area contributed by atoms with Gasteiger partial charge in [0.2, 0.25) is 0 Å². The first-order valence-electron chi connectivity index (χ1n) is 11.0. The van der Waals surface area contributed by atoms with E-state index in [1.54, 1.807) is 7.11 Å². The van der Waals surface area contributed by atoms with Crippen molar-refractivity contribution in [1.29, 1.82) is 0 Å². The van der Waals surface area contributed by atoms with E-state index < -0.39 is 0 Å². The summed E-state index contributed by atoms with van der Waals surface area (Å²) in [6.07, 6.45) is 8.04. The lowest BCUT2D eigenvalue weighted by Gasteiger charge is -2.34. The molecule has 0 bridgehead atoms. The molecule has 0 atom stereocenters. The average molecular weight is 400 g/mol. The molecular weight excluding hydrogens is 358 g/mol. The Morgan fingerprint density at radius 1 is 1.07 bits per heavy atom. The molecule has 28 heavy (non-hydrogen) atoms. The van der Waals surface area contributed by atoms with E-state index >= 15 is 0 Å². The van der Waals surface area contributed by atoms with E-state index in [-0.39, 0.29) is 5.97 Å². The van der Waals surface area contributed by atoms with Crippen molar-refractivity contribution in [2.75, 3.05) is 53.1 Å². The SMILES string of the molecule is CCNC(=NCCCCCCC(=O)OCC)N1CCC(OCCCOC)CC1. The van der Waals surface area contributed by atoms with E-state index in [2.05, 4.69) is 17.1 Å². The van der Waals surface area contributed by atoms with Gasteiger partial charge >= 0.3 is 5.97 Å². The molecule has 7 nitrogen and oxygen atoms in total. The summed E-state index contributed by atoms with van der Waals surface area (Å²) in [5, 5.41) is 3.42. The number of methoxy groups -OCH3 is 1. The second-order valence-corrected chi connectivity index (χ2v) is 7.11. The Morgan fingerprint density at radius 2 is 1.82 bits per heavy atom. The molecule has 0 amide bonds. The van der Waals surface area contributed by atoms with Crippen molar-refractivity contribution < 1.29 is 19.0 Å². The van der Waals surface area contributed by atoms with Gasteiger partial charge in [0.15, 0.2) is 5.96 Å². The van der Waals surface area contributed by atoms with Crippen LogP contribution in [0.4, 0.5) is 0 Å². The number of aliphatic imine (C=N–C) groups is 1. The molecule has 7 heteroatoms. The van der Waals surface area contributed by atoms with Crippen LogP contribution in [0.3, 0.4) is 0 Å². The molecule has 1 rings (SSSR count). The Balaban J connectivity index is 2.20. The van der Waals surface area contributed by atoms with Crippen molar-refractivity contribution in [3.05, 3.63) is 0 Å². The van der Waals surface area contributed by atoms with E-state index in [9.17, 15) is 4.79 Å². The summed E-state index contributed by atoms with van der Waals surface area (Å²) in [5.74, 6) is 0.938. The molecule has 0 aromatic rings. The Hall–Kier alpha value is -1.34. The highest BCUT2D eigenvalue weighted by Crippen LogP contribution is 2.14. The molecule has 0 radical (unpaired) electrons. The zero-order valence-electron chi connectivity index (χ0n) is 18.2. The van der Waals surface area contributed by atoms with E-state index in [0.717, 1.165) is 90.3 Å². The Morgan fingerprint density at radius 3 is 2.50 bits per heavy atom. The van der Waals surface area contributed by atoms with Gasteiger partial charge < -0.3 is 24.4 Å². The van der Waals surface area contributed by atoms with Crippen molar-refractivity contribution in [2.24, 2.45) is 4.99 Å². The maximum Gasteiger partial charge on any atom is 0.305 e. The monoisotopic (exact) mass is 399 g/mol. The second-order valence-electron chi connectivity index (χ2n) is 7.11. The number of nitrogens with zero attached hydrogens (tertiary/aromatic N) is 2. The standard InChI is InChI=1S/C21H41N3O4/c1-4-22-21(23-14-9-7-6-8-11-20(25)27-5-2)24-15-12-19(13-16-24)28-18-10-17-26-3/h19H,4-18H2,1-3H3,(H,22,23). The number of guanidine groups is 1. The largest absolute Gasteiger partial charge is 0.466 e. The van der Waals surface area contributed by atoms with Gasteiger partial charge in [-0.2, -0.15) is 0 Å². The van der Waals surface area contributed by atoms with Gasteiger partial charge in [-0.15, -0.1) is 0 Å². The first-order chi connectivity index (χ1) is 13.7. The Labute approximate surface area is 171 Å². The van der Waals surface area contributed by atoms with Crippen LogP contribution in [0.5, 0.6) is 0 Å². The summed E-state index contributed by atoms with van der Waals surface area (Å²) >= 11 is 0. The number of hydrogen-bond donors (Lipinski definition) is 1. The number of ether oxygens (including phenoxy) is 3. The maximum atomic E-state index is 11.3. The molecule has 0 unspecified atom stereocenters. The van der Waals surface area contributed by atoms with Crippen LogP contribution in [0.15, 0.2) is 4.99 Å². The zero-order chi connectivity index (χ0) is 20.5. The van der Waals surface area contributed by atoms with Crippen molar-refractivity contribution in [2.45, 2.75) is 71.3 Å². The van der Waals surface area contributed by atoms with E-state index in [4.69, 9.17) is 19.2 Å². The fourth-order valence-electron chi connectivity index (χ4n) is 3.27. The van der Waals surface area contributed by atoms with E-state index in [0.29, 0.717) is 19.1 Å². The number of esters is 1. The Bertz CT molecular complexity index is 424. The van der Waals surface area contributed by atoms with Crippen LogP contribution in [0.1, 0.15) is 65.2 Å². The van der Waals surface area contributed by atoms with Crippen LogP contribution in [-0.2, 0) is 19.0 Å². The lowest BCUT2D eigenvalue weighted by Crippen LogP contribution is -2.47. The average Bonchev–Trinajstić information content (AvgIpc) is 2.70. The predicted octanol–water partition coefficient (Wildman–Crippen LogP) is 2.98. The number of carbonyl (C=O) groups excluding carboxylic acids is 1. The molecule has 0 aromatic carbocycles. The smallest absolute Gasteiger partial charge is 0.305 e. The van der Waals surface area contributed by atoms with Crippen molar-refractivity contribution in [1.82, 2.24) is 10.2 Å². The fourth-order valence-corrected chi connectivity index (χ4v) is 3.27. The normalized spacial score (nSPS) is 15.7. The van der Waals surface area contributed by atoms with Gasteiger partial charge in [-0.3, -0.25) is 9.79 Å². The summed E-state index contributed by atoms with van der Waals surface area (Å²) in [7, 11) is 1.73. The molecule has 1 saturated heterocycles. The molecule has 0 aromatic heterocycles. The van der Waals surface area contributed by atoms with Crippen molar-refractivity contribution >= 4 is 11.9 Å². The topological polar surface area (TPSA) is 72.4 Å². The minimum atomic E-state index is -0.0824. The number of piperidine rings is 1. The number of nitrogens with one attached hydrogen (secondary N) is 1. The van der Waals surface area contributed by atoms with Crippen molar-refractivity contribution in [3.8, 4) is 0 Å². The molecule has 1 heterocycles. The minimum Gasteiger partial charge on any atom is -0.466 e. The summed E-state index contributed by atoms with van der Waals surface area (Å²) in [4.78, 5) is 18.4. The van der Waals surface area contributed by atoms with Gasteiger partial charge in [-0.05, 0) is 46.0 Å². The maximum absolute atomic E-state index is 11.3. The van der Waals surface area contributed by atoms with E-state index in [1.807, 2.05) is 6.92 Å². The molecule has 0 saturated carbocycles. The number of rotatable bonds is 14. The van der Waals surface area contributed by atoms with Gasteiger partial charge in [-0.25, -0.2) is 0 Å². The summed E-state index contributed by atoms with van der Waals surface area (Å²) in [6, 6.07) is 0.